The van der Waals surface area contributed by atoms with Gasteiger partial charge in [0, 0.05) is 11.1 Å². The SMILES string of the molecule is CC(=Cc1ccc(O)c(O)c1O)C(=O)NN.Cl. The Morgan fingerprint density at radius 1 is 1.29 bits per heavy atom. The van der Waals surface area contributed by atoms with Crippen LogP contribution in [0.25, 0.3) is 6.08 Å². The molecule has 0 aromatic heterocycles. The number of nitrogens with one attached hydrogen (secondary N) is 1. The average molecular weight is 261 g/mol. The zero-order chi connectivity index (χ0) is 12.3. The van der Waals surface area contributed by atoms with Crippen LogP contribution in [0.3, 0.4) is 0 Å². The number of rotatable bonds is 2. The van der Waals surface area contributed by atoms with Crippen molar-refractivity contribution in [3.05, 3.63) is 23.3 Å². The maximum absolute atomic E-state index is 11.1. The van der Waals surface area contributed by atoms with E-state index < -0.39 is 23.2 Å². The Hall–Kier alpha value is -1.92. The molecule has 0 aliphatic carbocycles. The van der Waals surface area contributed by atoms with Gasteiger partial charge in [-0.15, -0.1) is 12.4 Å². The van der Waals surface area contributed by atoms with Gasteiger partial charge in [-0.2, -0.15) is 0 Å². The zero-order valence-corrected chi connectivity index (χ0v) is 9.78. The summed E-state index contributed by atoms with van der Waals surface area (Å²) in [4.78, 5) is 11.1. The van der Waals surface area contributed by atoms with E-state index in [0.29, 0.717) is 0 Å². The number of carbonyl (C=O) groups excluding carboxylic acids is 1. The van der Waals surface area contributed by atoms with Gasteiger partial charge in [0.25, 0.3) is 5.91 Å². The summed E-state index contributed by atoms with van der Waals surface area (Å²) in [6.45, 7) is 1.49. The number of benzene rings is 1. The minimum absolute atomic E-state index is 0. The molecule has 17 heavy (non-hydrogen) atoms. The summed E-state index contributed by atoms with van der Waals surface area (Å²) in [6.07, 6.45) is 1.33. The van der Waals surface area contributed by atoms with Crippen molar-refractivity contribution in [2.45, 2.75) is 6.92 Å². The Labute approximate surface area is 104 Å². The largest absolute Gasteiger partial charge is 0.504 e. The molecular formula is C10H13ClN2O4. The first-order chi connectivity index (χ1) is 7.47. The van der Waals surface area contributed by atoms with E-state index in [-0.39, 0.29) is 23.5 Å². The molecule has 6 nitrogen and oxygen atoms in total. The number of hydrogen-bond donors (Lipinski definition) is 5. The molecular weight excluding hydrogens is 248 g/mol. The van der Waals surface area contributed by atoms with Gasteiger partial charge in [-0.05, 0) is 25.1 Å². The van der Waals surface area contributed by atoms with Gasteiger partial charge < -0.3 is 15.3 Å². The molecule has 7 heteroatoms. The van der Waals surface area contributed by atoms with Gasteiger partial charge >= 0.3 is 0 Å². The van der Waals surface area contributed by atoms with Crippen LogP contribution in [0.15, 0.2) is 17.7 Å². The summed E-state index contributed by atoms with van der Waals surface area (Å²) in [7, 11) is 0. The van der Waals surface area contributed by atoms with Crippen LogP contribution in [-0.2, 0) is 4.79 Å². The second-order valence-electron chi connectivity index (χ2n) is 3.17. The molecule has 94 valence electrons. The minimum Gasteiger partial charge on any atom is -0.504 e. The number of hydrazine groups is 1. The summed E-state index contributed by atoms with van der Waals surface area (Å²) in [5.74, 6) is 2.86. The van der Waals surface area contributed by atoms with Crippen LogP contribution in [0.5, 0.6) is 17.2 Å². The number of phenolic OH excluding ortho intramolecular Hbond substituents is 3. The molecule has 0 bridgehead atoms. The molecule has 0 atom stereocenters. The molecule has 0 aliphatic rings. The molecule has 6 N–H and O–H groups in total. The van der Waals surface area contributed by atoms with Crippen LogP contribution in [0.2, 0.25) is 0 Å². The third-order valence-corrected chi connectivity index (χ3v) is 2.02. The maximum Gasteiger partial charge on any atom is 0.260 e. The van der Waals surface area contributed by atoms with Gasteiger partial charge in [-0.25, -0.2) is 5.84 Å². The second-order valence-corrected chi connectivity index (χ2v) is 3.17. The van der Waals surface area contributed by atoms with Gasteiger partial charge in [-0.1, -0.05) is 0 Å². The highest BCUT2D eigenvalue weighted by atomic mass is 35.5. The number of nitrogens with two attached hydrogens (primary N) is 1. The van der Waals surface area contributed by atoms with E-state index in [1.54, 1.807) is 0 Å². The van der Waals surface area contributed by atoms with E-state index in [9.17, 15) is 15.0 Å². The van der Waals surface area contributed by atoms with Gasteiger partial charge in [0.15, 0.2) is 11.5 Å². The topological polar surface area (TPSA) is 116 Å². The fraction of sp³-hybridized carbons (Fsp3) is 0.100. The predicted octanol–water partition coefficient (Wildman–Crippen LogP) is 0.618. The van der Waals surface area contributed by atoms with Gasteiger partial charge in [0.05, 0.1) is 0 Å². The molecule has 0 aliphatic heterocycles. The van der Waals surface area contributed by atoms with Crippen molar-refractivity contribution in [1.82, 2.24) is 5.43 Å². The number of amides is 1. The van der Waals surface area contributed by atoms with Crippen LogP contribution in [-0.4, -0.2) is 21.2 Å². The Bertz CT molecular complexity index is 460. The number of aromatic hydroxyl groups is 3. The molecule has 0 saturated heterocycles. The average Bonchev–Trinajstić information content (AvgIpc) is 2.28. The Morgan fingerprint density at radius 2 is 1.88 bits per heavy atom. The van der Waals surface area contributed by atoms with E-state index in [0.717, 1.165) is 0 Å². The third-order valence-electron chi connectivity index (χ3n) is 2.02. The third kappa shape index (κ3) is 3.27. The van der Waals surface area contributed by atoms with Crippen LogP contribution in [0.4, 0.5) is 0 Å². The van der Waals surface area contributed by atoms with E-state index in [4.69, 9.17) is 10.9 Å². The lowest BCUT2D eigenvalue weighted by atomic mass is 10.1. The molecule has 0 spiro atoms. The lowest BCUT2D eigenvalue weighted by molar-refractivity contribution is -0.117. The summed E-state index contributed by atoms with van der Waals surface area (Å²) >= 11 is 0. The smallest absolute Gasteiger partial charge is 0.260 e. The van der Waals surface area contributed by atoms with Crippen molar-refractivity contribution < 1.29 is 20.1 Å². The number of hydrogen-bond acceptors (Lipinski definition) is 5. The summed E-state index contributed by atoms with van der Waals surface area (Å²) < 4.78 is 0. The van der Waals surface area contributed by atoms with Crippen molar-refractivity contribution in [2.24, 2.45) is 5.84 Å². The highest BCUT2D eigenvalue weighted by Crippen LogP contribution is 2.37. The second kappa shape index (κ2) is 5.97. The van der Waals surface area contributed by atoms with Gasteiger partial charge in [-0.3, -0.25) is 10.2 Å². The molecule has 1 aromatic rings. The molecule has 0 radical (unpaired) electrons. The van der Waals surface area contributed by atoms with Crippen molar-refractivity contribution in [2.75, 3.05) is 0 Å². The van der Waals surface area contributed by atoms with Gasteiger partial charge in [0.1, 0.15) is 0 Å². The first-order valence-electron chi connectivity index (χ1n) is 4.40. The van der Waals surface area contributed by atoms with Crippen LogP contribution in [0, 0.1) is 0 Å². The van der Waals surface area contributed by atoms with Gasteiger partial charge in [0.2, 0.25) is 5.75 Å². The molecule has 1 aromatic carbocycles. The molecule has 0 unspecified atom stereocenters. The summed E-state index contributed by atoms with van der Waals surface area (Å²) in [6, 6.07) is 2.56. The number of phenols is 3. The molecule has 0 fully saturated rings. The molecule has 0 heterocycles. The van der Waals surface area contributed by atoms with Crippen molar-refractivity contribution >= 4 is 24.4 Å². The Kier molecular flexibility index (Phi) is 5.30. The summed E-state index contributed by atoms with van der Waals surface area (Å²) in [5, 5.41) is 27.8. The fourth-order valence-electron chi connectivity index (χ4n) is 1.11. The highest BCUT2D eigenvalue weighted by molar-refractivity contribution is 5.97. The Balaban J connectivity index is 0.00000256. The van der Waals surface area contributed by atoms with E-state index >= 15 is 0 Å². The number of carbonyl (C=O) groups is 1. The van der Waals surface area contributed by atoms with Crippen molar-refractivity contribution in [1.29, 1.82) is 0 Å². The van der Waals surface area contributed by atoms with E-state index in [1.165, 1.54) is 25.1 Å². The zero-order valence-electron chi connectivity index (χ0n) is 8.97. The monoisotopic (exact) mass is 260 g/mol. The summed E-state index contributed by atoms with van der Waals surface area (Å²) in [5.41, 5.74) is 2.39. The normalized spacial score (nSPS) is 10.6. The van der Waals surface area contributed by atoms with Crippen LogP contribution >= 0.6 is 12.4 Å². The first kappa shape index (κ1) is 15.1. The molecule has 1 rings (SSSR count). The molecule has 1 amide bonds. The van der Waals surface area contributed by atoms with E-state index in [1.807, 2.05) is 5.43 Å². The Morgan fingerprint density at radius 3 is 2.41 bits per heavy atom. The van der Waals surface area contributed by atoms with Crippen LogP contribution in [0.1, 0.15) is 12.5 Å². The minimum atomic E-state index is -0.630. The van der Waals surface area contributed by atoms with Crippen LogP contribution < -0.4 is 11.3 Å². The standard InChI is InChI=1S/C10H12N2O4.ClH/c1-5(10(16)12-11)4-6-2-3-7(13)9(15)8(6)14;/h2-4,13-15H,11H2,1H3,(H,12,16);1H. The quantitative estimate of drug-likeness (QED) is 0.176. The van der Waals surface area contributed by atoms with E-state index in [2.05, 4.69) is 0 Å². The fourth-order valence-corrected chi connectivity index (χ4v) is 1.11. The predicted molar refractivity (Wildman–Crippen MR) is 64.7 cm³/mol. The molecule has 0 saturated carbocycles. The van der Waals surface area contributed by atoms with Crippen molar-refractivity contribution in [3.63, 3.8) is 0 Å². The highest BCUT2D eigenvalue weighted by Gasteiger charge is 2.10. The first-order valence-corrected chi connectivity index (χ1v) is 4.40. The number of halogens is 1. The van der Waals surface area contributed by atoms with Crippen molar-refractivity contribution in [3.8, 4) is 17.2 Å². The maximum atomic E-state index is 11.1. The lowest BCUT2D eigenvalue weighted by Crippen LogP contribution is -2.30. The lowest BCUT2D eigenvalue weighted by Gasteiger charge is -2.05.